The molecule has 0 radical (unpaired) electrons. The Morgan fingerprint density at radius 3 is 2.58 bits per heavy atom. The van der Waals surface area contributed by atoms with E-state index in [9.17, 15) is 0 Å². The lowest BCUT2D eigenvalue weighted by Gasteiger charge is -2.39. The van der Waals surface area contributed by atoms with Crippen molar-refractivity contribution in [3.63, 3.8) is 0 Å². The Morgan fingerprint density at radius 1 is 1.33 bits per heavy atom. The van der Waals surface area contributed by atoms with Crippen molar-refractivity contribution < 1.29 is 0 Å². The molecule has 0 amide bonds. The van der Waals surface area contributed by atoms with Crippen molar-refractivity contribution in [1.29, 1.82) is 0 Å². The Labute approximate surface area is 73.0 Å². The second kappa shape index (κ2) is 2.79. The van der Waals surface area contributed by atoms with Gasteiger partial charge in [0.1, 0.15) is 0 Å². The summed E-state index contributed by atoms with van der Waals surface area (Å²) < 4.78 is 0. The predicted molar refractivity (Wildman–Crippen MR) is 51.4 cm³/mol. The lowest BCUT2D eigenvalue weighted by atomic mass is 10.1. The minimum Gasteiger partial charge on any atom is -0.368 e. The minimum atomic E-state index is 0.379. The predicted octanol–water partition coefficient (Wildman–Crippen LogP) is 1.14. The molecule has 1 aliphatic rings. The van der Waals surface area contributed by atoms with Gasteiger partial charge in [-0.15, -0.1) is 0 Å². The number of aryl methyl sites for hydroxylation is 1. The van der Waals surface area contributed by atoms with Gasteiger partial charge in [-0.05, 0) is 18.6 Å². The summed E-state index contributed by atoms with van der Waals surface area (Å²) in [5.41, 5.74) is 8.38. The van der Waals surface area contributed by atoms with E-state index in [0.717, 1.165) is 13.1 Å². The number of hydrogen-bond acceptors (Lipinski definition) is 2. The third kappa shape index (κ3) is 1.18. The molecule has 1 saturated heterocycles. The molecule has 1 aliphatic heterocycles. The van der Waals surface area contributed by atoms with Gasteiger partial charge in [0.05, 0.1) is 0 Å². The lowest BCUT2D eigenvalue weighted by Crippen LogP contribution is -2.56. The normalized spacial score (nSPS) is 17.7. The van der Waals surface area contributed by atoms with Gasteiger partial charge < -0.3 is 10.6 Å². The van der Waals surface area contributed by atoms with Crippen LogP contribution in [0, 0.1) is 6.92 Å². The van der Waals surface area contributed by atoms with E-state index in [-0.39, 0.29) is 0 Å². The quantitative estimate of drug-likeness (QED) is 0.671. The van der Waals surface area contributed by atoms with Gasteiger partial charge in [0.2, 0.25) is 0 Å². The summed E-state index contributed by atoms with van der Waals surface area (Å²) in [6.07, 6.45) is 0. The summed E-state index contributed by atoms with van der Waals surface area (Å²) in [6.45, 7) is 4.15. The molecule has 0 aliphatic carbocycles. The van der Waals surface area contributed by atoms with Crippen molar-refractivity contribution in [3.8, 4) is 0 Å². The highest BCUT2D eigenvalue weighted by molar-refractivity contribution is 5.55. The topological polar surface area (TPSA) is 29.3 Å². The van der Waals surface area contributed by atoms with Gasteiger partial charge in [-0.1, -0.05) is 18.2 Å². The maximum Gasteiger partial charge on any atom is 0.0397 e. The first-order valence-corrected chi connectivity index (χ1v) is 4.33. The molecule has 1 aromatic rings. The summed E-state index contributed by atoms with van der Waals surface area (Å²) in [6, 6.07) is 8.81. The molecule has 2 N–H and O–H groups in total. The second-order valence-corrected chi connectivity index (χ2v) is 3.45. The van der Waals surface area contributed by atoms with E-state index in [1.54, 1.807) is 0 Å². The van der Waals surface area contributed by atoms with E-state index in [2.05, 4.69) is 36.1 Å². The molecule has 1 aromatic carbocycles. The molecular weight excluding hydrogens is 148 g/mol. The van der Waals surface area contributed by atoms with Crippen LogP contribution in [-0.2, 0) is 0 Å². The van der Waals surface area contributed by atoms with Gasteiger partial charge >= 0.3 is 0 Å². The smallest absolute Gasteiger partial charge is 0.0397 e. The Bertz CT molecular complexity index is 277. The summed E-state index contributed by atoms with van der Waals surface area (Å²) in [5.74, 6) is 0. The van der Waals surface area contributed by atoms with Gasteiger partial charge in [0.25, 0.3) is 0 Å². The molecule has 1 heterocycles. The first-order valence-electron chi connectivity index (χ1n) is 4.33. The van der Waals surface area contributed by atoms with E-state index >= 15 is 0 Å². The van der Waals surface area contributed by atoms with Crippen LogP contribution in [0.3, 0.4) is 0 Å². The standard InChI is InChI=1S/C10H14N2/c1-8-4-2-3-5-10(8)12-6-9(11)7-12/h2-5,9H,6-7,11H2,1H3. The summed E-state index contributed by atoms with van der Waals surface area (Å²) in [4.78, 5) is 2.32. The number of benzene rings is 1. The number of para-hydroxylation sites is 1. The van der Waals surface area contributed by atoms with Crippen molar-refractivity contribution in [2.75, 3.05) is 18.0 Å². The largest absolute Gasteiger partial charge is 0.368 e. The van der Waals surface area contributed by atoms with Crippen molar-refractivity contribution in [1.82, 2.24) is 0 Å². The van der Waals surface area contributed by atoms with Gasteiger partial charge in [0.15, 0.2) is 0 Å². The fourth-order valence-corrected chi connectivity index (χ4v) is 1.63. The van der Waals surface area contributed by atoms with E-state index in [0.29, 0.717) is 6.04 Å². The van der Waals surface area contributed by atoms with Crippen LogP contribution < -0.4 is 10.6 Å². The lowest BCUT2D eigenvalue weighted by molar-refractivity contribution is 0.518. The minimum absolute atomic E-state index is 0.379. The number of anilines is 1. The molecule has 0 saturated carbocycles. The highest BCUT2D eigenvalue weighted by atomic mass is 15.2. The van der Waals surface area contributed by atoms with Gasteiger partial charge in [-0.2, -0.15) is 0 Å². The zero-order chi connectivity index (χ0) is 8.55. The zero-order valence-electron chi connectivity index (χ0n) is 7.33. The van der Waals surface area contributed by atoms with E-state index < -0.39 is 0 Å². The number of rotatable bonds is 1. The van der Waals surface area contributed by atoms with Crippen molar-refractivity contribution >= 4 is 5.69 Å². The highest BCUT2D eigenvalue weighted by Gasteiger charge is 2.23. The van der Waals surface area contributed by atoms with Crippen LogP contribution in [0.15, 0.2) is 24.3 Å². The average Bonchev–Trinajstić information content (AvgIpc) is 2.01. The van der Waals surface area contributed by atoms with Crippen LogP contribution in [-0.4, -0.2) is 19.1 Å². The molecule has 0 spiro atoms. The highest BCUT2D eigenvalue weighted by Crippen LogP contribution is 2.23. The monoisotopic (exact) mass is 162 g/mol. The third-order valence-electron chi connectivity index (χ3n) is 2.37. The molecule has 12 heavy (non-hydrogen) atoms. The van der Waals surface area contributed by atoms with E-state index in [1.165, 1.54) is 11.3 Å². The van der Waals surface area contributed by atoms with Crippen LogP contribution in [0.5, 0.6) is 0 Å². The number of hydrogen-bond donors (Lipinski definition) is 1. The third-order valence-corrected chi connectivity index (χ3v) is 2.37. The second-order valence-electron chi connectivity index (χ2n) is 3.45. The van der Waals surface area contributed by atoms with Gasteiger partial charge in [0, 0.05) is 24.8 Å². The maximum absolute atomic E-state index is 5.71. The number of nitrogens with two attached hydrogens (primary N) is 1. The SMILES string of the molecule is Cc1ccccc1N1CC(N)C1. The van der Waals surface area contributed by atoms with Gasteiger partial charge in [-0.25, -0.2) is 0 Å². The molecule has 1 fully saturated rings. The Morgan fingerprint density at radius 2 is 2.00 bits per heavy atom. The van der Waals surface area contributed by atoms with Crippen molar-refractivity contribution in [2.45, 2.75) is 13.0 Å². The molecular formula is C10H14N2. The van der Waals surface area contributed by atoms with Crippen LogP contribution >= 0.6 is 0 Å². The first kappa shape index (κ1) is 7.62. The molecule has 2 heteroatoms. The first-order chi connectivity index (χ1) is 5.77. The molecule has 64 valence electrons. The van der Waals surface area contributed by atoms with Crippen LogP contribution in [0.25, 0.3) is 0 Å². The van der Waals surface area contributed by atoms with Crippen LogP contribution in [0.2, 0.25) is 0 Å². The fraction of sp³-hybridized carbons (Fsp3) is 0.400. The maximum atomic E-state index is 5.71. The zero-order valence-corrected chi connectivity index (χ0v) is 7.33. The van der Waals surface area contributed by atoms with Crippen molar-refractivity contribution in [3.05, 3.63) is 29.8 Å². The molecule has 0 aromatic heterocycles. The van der Waals surface area contributed by atoms with E-state index in [1.807, 2.05) is 0 Å². The summed E-state index contributed by atoms with van der Waals surface area (Å²) in [5, 5.41) is 0. The molecule has 2 nitrogen and oxygen atoms in total. The van der Waals surface area contributed by atoms with Crippen molar-refractivity contribution in [2.24, 2.45) is 5.73 Å². The fourth-order valence-electron chi connectivity index (χ4n) is 1.63. The molecule has 0 unspecified atom stereocenters. The summed E-state index contributed by atoms with van der Waals surface area (Å²) >= 11 is 0. The van der Waals surface area contributed by atoms with Crippen LogP contribution in [0.1, 0.15) is 5.56 Å². The average molecular weight is 162 g/mol. The van der Waals surface area contributed by atoms with Gasteiger partial charge in [-0.3, -0.25) is 0 Å². The van der Waals surface area contributed by atoms with E-state index in [4.69, 9.17) is 5.73 Å². The Balaban J connectivity index is 2.18. The molecule has 2 rings (SSSR count). The summed E-state index contributed by atoms with van der Waals surface area (Å²) in [7, 11) is 0. The number of nitrogens with zero attached hydrogens (tertiary/aromatic N) is 1. The van der Waals surface area contributed by atoms with Crippen LogP contribution in [0.4, 0.5) is 5.69 Å². The Kier molecular flexibility index (Phi) is 1.77. The molecule has 0 atom stereocenters. The Hall–Kier alpha value is -1.02. The molecule has 0 bridgehead atoms.